The first-order valence-electron chi connectivity index (χ1n) is 7.19. The van der Waals surface area contributed by atoms with Crippen LogP contribution in [0.3, 0.4) is 0 Å². The van der Waals surface area contributed by atoms with Gasteiger partial charge in [-0.05, 0) is 12.8 Å². The van der Waals surface area contributed by atoms with E-state index >= 15 is 0 Å². The Hall–Kier alpha value is -1.77. The summed E-state index contributed by atoms with van der Waals surface area (Å²) in [6, 6.07) is 9.12. The van der Waals surface area contributed by atoms with E-state index in [4.69, 9.17) is 4.74 Å². The van der Waals surface area contributed by atoms with Gasteiger partial charge in [0.15, 0.2) is 10.1 Å². The topological polar surface area (TPSA) is 81.2 Å². The van der Waals surface area contributed by atoms with Crippen molar-refractivity contribution in [1.29, 1.82) is 0 Å². The summed E-state index contributed by atoms with van der Waals surface area (Å²) in [5.41, 5.74) is 0.677. The van der Waals surface area contributed by atoms with E-state index in [1.54, 1.807) is 12.1 Å². The van der Waals surface area contributed by atoms with Gasteiger partial charge in [-0.3, -0.25) is 14.9 Å². The van der Waals surface area contributed by atoms with Crippen molar-refractivity contribution in [2.24, 2.45) is 0 Å². The summed E-state index contributed by atoms with van der Waals surface area (Å²) in [4.78, 5) is 23.9. The molecule has 1 aliphatic heterocycles. The van der Waals surface area contributed by atoms with Gasteiger partial charge in [-0.25, -0.2) is 0 Å². The molecule has 23 heavy (non-hydrogen) atoms. The molecular weight excluding hydrogens is 334 g/mol. The van der Waals surface area contributed by atoms with Crippen molar-refractivity contribution in [2.75, 3.05) is 17.7 Å². The van der Waals surface area contributed by atoms with Crippen LogP contribution in [0.2, 0.25) is 0 Å². The van der Waals surface area contributed by atoms with Crippen LogP contribution in [0.25, 0.3) is 0 Å². The van der Waals surface area contributed by atoms with Crippen LogP contribution in [-0.4, -0.2) is 40.4 Å². The van der Waals surface area contributed by atoms with Crippen molar-refractivity contribution in [1.82, 2.24) is 10.2 Å². The molecule has 2 heterocycles. The monoisotopic (exact) mass is 349 g/mol. The highest BCUT2D eigenvalue weighted by Crippen LogP contribution is 2.26. The van der Waals surface area contributed by atoms with Gasteiger partial charge in [0.2, 0.25) is 5.13 Å². The van der Waals surface area contributed by atoms with E-state index in [-0.39, 0.29) is 11.7 Å². The molecule has 0 aliphatic carbocycles. The van der Waals surface area contributed by atoms with Crippen LogP contribution in [0.5, 0.6) is 0 Å². The van der Waals surface area contributed by atoms with Gasteiger partial charge in [-0.1, -0.05) is 53.4 Å². The fourth-order valence-electron chi connectivity index (χ4n) is 2.12. The molecule has 120 valence electrons. The lowest BCUT2D eigenvalue weighted by molar-refractivity contribution is -0.124. The molecule has 1 aromatic carbocycles. The van der Waals surface area contributed by atoms with E-state index in [2.05, 4.69) is 15.5 Å². The number of hydrogen-bond donors (Lipinski definition) is 1. The zero-order chi connectivity index (χ0) is 16.1. The molecule has 6 nitrogen and oxygen atoms in total. The molecule has 1 amide bonds. The molecule has 1 saturated heterocycles. The van der Waals surface area contributed by atoms with E-state index in [0.717, 1.165) is 12.8 Å². The molecule has 1 N–H and O–H groups in total. The summed E-state index contributed by atoms with van der Waals surface area (Å²) >= 11 is 2.57. The van der Waals surface area contributed by atoms with Crippen molar-refractivity contribution < 1.29 is 14.3 Å². The highest BCUT2D eigenvalue weighted by molar-refractivity contribution is 8.01. The number of nitrogens with zero attached hydrogens (tertiary/aromatic N) is 2. The maximum atomic E-state index is 12.0. The number of carbonyl (C=O) groups excluding carboxylic acids is 2. The number of nitrogens with one attached hydrogen (secondary N) is 1. The second-order valence-corrected chi connectivity index (χ2v) is 7.14. The molecule has 0 bridgehead atoms. The molecule has 1 atom stereocenters. The number of anilines is 1. The third-order valence-electron chi connectivity index (χ3n) is 3.28. The summed E-state index contributed by atoms with van der Waals surface area (Å²) in [5.74, 6) is 0.143. The Morgan fingerprint density at radius 1 is 1.30 bits per heavy atom. The number of carbonyl (C=O) groups is 2. The van der Waals surface area contributed by atoms with Crippen molar-refractivity contribution >= 4 is 39.9 Å². The average molecular weight is 349 g/mol. The highest BCUT2D eigenvalue weighted by atomic mass is 32.2. The second kappa shape index (κ2) is 7.67. The Labute approximate surface area is 141 Å². The molecule has 3 rings (SSSR count). The number of ketones is 1. The summed E-state index contributed by atoms with van der Waals surface area (Å²) in [5, 5.41) is 11.0. The first kappa shape index (κ1) is 16.1. The summed E-state index contributed by atoms with van der Waals surface area (Å²) < 4.78 is 5.97. The molecule has 1 aromatic heterocycles. The predicted molar refractivity (Wildman–Crippen MR) is 89.0 cm³/mol. The maximum Gasteiger partial charge on any atom is 0.255 e. The number of Topliss-reactive ketones (excluding diaryl/α,β-unsaturated/α-hetero) is 1. The lowest BCUT2D eigenvalue weighted by atomic mass is 10.2. The van der Waals surface area contributed by atoms with Gasteiger partial charge in [0.25, 0.3) is 5.91 Å². The number of amides is 1. The van der Waals surface area contributed by atoms with Crippen LogP contribution in [0.1, 0.15) is 23.2 Å². The number of benzene rings is 1. The number of ether oxygens (including phenoxy) is 1. The van der Waals surface area contributed by atoms with Gasteiger partial charge < -0.3 is 4.74 Å². The molecule has 1 fully saturated rings. The molecule has 2 aromatic rings. The normalized spacial score (nSPS) is 17.1. The fraction of sp³-hybridized carbons (Fsp3) is 0.333. The summed E-state index contributed by atoms with van der Waals surface area (Å²) in [7, 11) is 0. The van der Waals surface area contributed by atoms with Crippen LogP contribution >= 0.6 is 23.1 Å². The first-order valence-corrected chi connectivity index (χ1v) is 8.99. The number of aromatic nitrogens is 2. The molecule has 8 heteroatoms. The van der Waals surface area contributed by atoms with E-state index in [1.807, 2.05) is 18.2 Å². The van der Waals surface area contributed by atoms with Crippen molar-refractivity contribution in [3.05, 3.63) is 35.9 Å². The highest BCUT2D eigenvalue weighted by Gasteiger charge is 2.24. The van der Waals surface area contributed by atoms with E-state index in [9.17, 15) is 9.59 Å². The van der Waals surface area contributed by atoms with Crippen LogP contribution in [0.15, 0.2) is 34.7 Å². The molecule has 1 aliphatic rings. The molecule has 0 unspecified atom stereocenters. The third-order valence-corrected chi connectivity index (χ3v) is 5.25. The SMILES string of the molecule is O=C(CSc1nnc(NC(=O)[C@@H]2CCCO2)s1)c1ccccc1. The van der Waals surface area contributed by atoms with Gasteiger partial charge in [0, 0.05) is 12.2 Å². The minimum Gasteiger partial charge on any atom is -0.368 e. The van der Waals surface area contributed by atoms with Crippen LogP contribution in [0, 0.1) is 0 Å². The fourth-order valence-corrected chi connectivity index (χ4v) is 3.77. The number of rotatable bonds is 6. The quantitative estimate of drug-likeness (QED) is 0.490. The van der Waals surface area contributed by atoms with Gasteiger partial charge >= 0.3 is 0 Å². The van der Waals surface area contributed by atoms with Crippen LogP contribution in [0.4, 0.5) is 5.13 Å². The van der Waals surface area contributed by atoms with Crippen LogP contribution in [-0.2, 0) is 9.53 Å². The Morgan fingerprint density at radius 2 is 2.13 bits per heavy atom. The molecule has 0 radical (unpaired) electrons. The van der Waals surface area contributed by atoms with Crippen molar-refractivity contribution in [2.45, 2.75) is 23.3 Å². The van der Waals surface area contributed by atoms with E-state index < -0.39 is 6.10 Å². The maximum absolute atomic E-state index is 12.0. The predicted octanol–water partition coefficient (Wildman–Crippen LogP) is 2.63. The largest absolute Gasteiger partial charge is 0.368 e. The standard InChI is InChI=1S/C15H15N3O3S2/c19-11(10-5-2-1-3-6-10)9-22-15-18-17-14(23-15)16-13(20)12-7-4-8-21-12/h1-3,5-6,12H,4,7-9H2,(H,16,17,20)/t12-/m0/s1. The minimum atomic E-state index is -0.394. The Bertz CT molecular complexity index is 684. The van der Waals surface area contributed by atoms with Gasteiger partial charge in [-0.2, -0.15) is 0 Å². The lowest BCUT2D eigenvalue weighted by Gasteiger charge is -2.06. The van der Waals surface area contributed by atoms with Crippen molar-refractivity contribution in [3.63, 3.8) is 0 Å². The Morgan fingerprint density at radius 3 is 2.87 bits per heavy atom. The molecule has 0 saturated carbocycles. The van der Waals surface area contributed by atoms with Crippen molar-refractivity contribution in [3.8, 4) is 0 Å². The summed E-state index contributed by atoms with van der Waals surface area (Å²) in [6.45, 7) is 0.622. The number of hydrogen-bond acceptors (Lipinski definition) is 7. The average Bonchev–Trinajstić information content (AvgIpc) is 3.25. The van der Waals surface area contributed by atoms with Gasteiger partial charge in [0.05, 0.1) is 5.75 Å². The van der Waals surface area contributed by atoms with Gasteiger partial charge in [-0.15, -0.1) is 10.2 Å². The zero-order valence-corrected chi connectivity index (χ0v) is 13.9. The number of thioether (sulfide) groups is 1. The van der Waals surface area contributed by atoms with Gasteiger partial charge in [0.1, 0.15) is 6.10 Å². The lowest BCUT2D eigenvalue weighted by Crippen LogP contribution is -2.26. The first-order chi connectivity index (χ1) is 11.2. The summed E-state index contributed by atoms with van der Waals surface area (Å²) in [6.07, 6.45) is 1.24. The van der Waals surface area contributed by atoms with E-state index in [0.29, 0.717) is 27.4 Å². The Balaban J connectivity index is 1.51. The Kier molecular flexibility index (Phi) is 5.37. The molecular formula is C15H15N3O3S2. The second-order valence-electron chi connectivity index (χ2n) is 4.94. The third kappa shape index (κ3) is 4.37. The minimum absolute atomic E-state index is 0.0377. The van der Waals surface area contributed by atoms with E-state index in [1.165, 1.54) is 23.1 Å². The zero-order valence-electron chi connectivity index (χ0n) is 12.2. The molecule has 0 spiro atoms. The van der Waals surface area contributed by atoms with Crippen LogP contribution < -0.4 is 5.32 Å². The smallest absolute Gasteiger partial charge is 0.255 e.